The van der Waals surface area contributed by atoms with Crippen molar-refractivity contribution >= 4 is 5.97 Å². The normalized spacial score (nSPS) is 17.5. The molecule has 0 saturated carbocycles. The first kappa shape index (κ1) is 15.4. The smallest absolute Gasteiger partial charge is 0.326 e. The van der Waals surface area contributed by atoms with Crippen LogP contribution in [0.2, 0.25) is 0 Å². The van der Waals surface area contributed by atoms with E-state index >= 15 is 0 Å². The molecule has 0 heterocycles. The predicted octanol–water partition coefficient (Wildman–Crippen LogP) is 1.89. The van der Waals surface area contributed by atoms with Gasteiger partial charge in [0.1, 0.15) is 5.54 Å². The Hall–Kier alpha value is -0.610. The topological polar surface area (TPSA) is 58.6 Å². The lowest BCUT2D eigenvalue weighted by Gasteiger charge is -2.30. The monoisotopic (exact) mass is 231 g/mol. The van der Waals surface area contributed by atoms with Gasteiger partial charge < -0.3 is 9.84 Å². The highest BCUT2D eigenvalue weighted by Crippen LogP contribution is 2.12. The summed E-state index contributed by atoms with van der Waals surface area (Å²) in [4.78, 5) is 11.2. The van der Waals surface area contributed by atoms with Gasteiger partial charge in [-0.05, 0) is 33.6 Å². The maximum absolute atomic E-state index is 11.2. The van der Waals surface area contributed by atoms with Gasteiger partial charge in [-0.1, -0.05) is 13.8 Å². The highest BCUT2D eigenvalue weighted by molar-refractivity contribution is 5.78. The number of nitrogens with one attached hydrogen (secondary N) is 1. The van der Waals surface area contributed by atoms with Crippen LogP contribution in [0.4, 0.5) is 0 Å². The minimum absolute atomic E-state index is 0.0626. The van der Waals surface area contributed by atoms with Crippen molar-refractivity contribution in [2.45, 2.75) is 59.2 Å². The van der Waals surface area contributed by atoms with Crippen LogP contribution >= 0.6 is 0 Å². The van der Waals surface area contributed by atoms with Crippen LogP contribution in [-0.2, 0) is 9.53 Å². The Labute approximate surface area is 98.4 Å². The van der Waals surface area contributed by atoms with E-state index in [0.29, 0.717) is 5.92 Å². The number of hydrogen-bond acceptors (Lipinski definition) is 3. The standard InChI is InChI=1S/C12H25NO3/c1-8(2)10(5)16-7-12(6,11(14)15)13-9(3)4/h8-10,13H,7H2,1-6H3,(H,14,15). The molecule has 4 heteroatoms. The van der Waals surface area contributed by atoms with Crippen LogP contribution in [0.5, 0.6) is 0 Å². The summed E-state index contributed by atoms with van der Waals surface area (Å²) in [6, 6.07) is 0.110. The first-order valence-corrected chi connectivity index (χ1v) is 5.81. The lowest BCUT2D eigenvalue weighted by molar-refractivity contribution is -0.148. The van der Waals surface area contributed by atoms with E-state index in [1.165, 1.54) is 0 Å². The van der Waals surface area contributed by atoms with Crippen molar-refractivity contribution < 1.29 is 14.6 Å². The molecule has 2 unspecified atom stereocenters. The lowest BCUT2D eigenvalue weighted by Crippen LogP contribution is -2.56. The van der Waals surface area contributed by atoms with E-state index in [0.717, 1.165) is 0 Å². The molecule has 0 aliphatic rings. The van der Waals surface area contributed by atoms with Gasteiger partial charge >= 0.3 is 5.97 Å². The SMILES string of the molecule is CC(C)NC(C)(COC(C)C(C)C)C(=O)O. The minimum atomic E-state index is -1.02. The van der Waals surface area contributed by atoms with E-state index in [4.69, 9.17) is 4.74 Å². The molecule has 0 aliphatic carbocycles. The van der Waals surface area contributed by atoms with Crippen molar-refractivity contribution in [3.8, 4) is 0 Å². The molecule has 96 valence electrons. The van der Waals surface area contributed by atoms with Crippen molar-refractivity contribution in [3.63, 3.8) is 0 Å². The third-order valence-electron chi connectivity index (χ3n) is 2.65. The molecule has 0 rings (SSSR count). The summed E-state index contributed by atoms with van der Waals surface area (Å²) in [5.41, 5.74) is -1.02. The van der Waals surface area contributed by atoms with Gasteiger partial charge in [0.25, 0.3) is 0 Å². The maximum Gasteiger partial charge on any atom is 0.326 e. The maximum atomic E-state index is 11.2. The van der Waals surface area contributed by atoms with Crippen molar-refractivity contribution in [3.05, 3.63) is 0 Å². The second-order valence-corrected chi connectivity index (χ2v) is 5.20. The molecule has 0 aromatic rings. The van der Waals surface area contributed by atoms with Gasteiger partial charge in [0, 0.05) is 6.04 Å². The highest BCUT2D eigenvalue weighted by Gasteiger charge is 2.34. The second-order valence-electron chi connectivity index (χ2n) is 5.20. The molecule has 0 spiro atoms. The molecule has 0 aliphatic heterocycles. The Balaban J connectivity index is 4.40. The number of carboxylic acids is 1. The number of carboxylic acid groups (broad SMARTS) is 1. The van der Waals surface area contributed by atoms with Gasteiger partial charge in [-0.3, -0.25) is 10.1 Å². The van der Waals surface area contributed by atoms with Gasteiger partial charge in [0.15, 0.2) is 0 Å². The van der Waals surface area contributed by atoms with Crippen LogP contribution in [0.1, 0.15) is 41.5 Å². The summed E-state index contributed by atoms with van der Waals surface area (Å²) >= 11 is 0. The van der Waals surface area contributed by atoms with Crippen LogP contribution in [0.3, 0.4) is 0 Å². The van der Waals surface area contributed by atoms with E-state index in [2.05, 4.69) is 19.2 Å². The molecule has 0 saturated heterocycles. The van der Waals surface area contributed by atoms with Gasteiger partial charge in [0.05, 0.1) is 12.7 Å². The van der Waals surface area contributed by atoms with Crippen molar-refractivity contribution in [2.75, 3.05) is 6.61 Å². The molecule has 0 aromatic carbocycles. The molecule has 0 radical (unpaired) electrons. The average Bonchev–Trinajstić information content (AvgIpc) is 2.12. The zero-order chi connectivity index (χ0) is 12.9. The minimum Gasteiger partial charge on any atom is -0.480 e. The van der Waals surface area contributed by atoms with Crippen LogP contribution < -0.4 is 5.32 Å². The van der Waals surface area contributed by atoms with E-state index in [1.807, 2.05) is 20.8 Å². The number of hydrogen-bond donors (Lipinski definition) is 2. The largest absolute Gasteiger partial charge is 0.480 e. The first-order valence-electron chi connectivity index (χ1n) is 5.81. The number of carbonyl (C=O) groups is 1. The summed E-state index contributed by atoms with van der Waals surface area (Å²) in [5, 5.41) is 12.2. The highest BCUT2D eigenvalue weighted by atomic mass is 16.5. The summed E-state index contributed by atoms with van der Waals surface area (Å²) in [5.74, 6) is -0.491. The van der Waals surface area contributed by atoms with E-state index in [1.54, 1.807) is 6.92 Å². The van der Waals surface area contributed by atoms with E-state index in [-0.39, 0.29) is 18.8 Å². The fourth-order valence-corrected chi connectivity index (χ4v) is 1.29. The first-order chi connectivity index (χ1) is 7.19. The van der Waals surface area contributed by atoms with E-state index in [9.17, 15) is 9.90 Å². The lowest BCUT2D eigenvalue weighted by atomic mass is 10.0. The van der Waals surface area contributed by atoms with Gasteiger partial charge in [-0.2, -0.15) is 0 Å². The van der Waals surface area contributed by atoms with Gasteiger partial charge in [0.2, 0.25) is 0 Å². The molecule has 16 heavy (non-hydrogen) atoms. The fraction of sp³-hybridized carbons (Fsp3) is 0.917. The Morgan fingerprint density at radius 3 is 2.12 bits per heavy atom. The molecule has 0 bridgehead atoms. The third-order valence-corrected chi connectivity index (χ3v) is 2.65. The number of rotatable bonds is 7. The van der Waals surface area contributed by atoms with Crippen LogP contribution in [-0.4, -0.2) is 35.4 Å². The molecule has 2 atom stereocenters. The Kier molecular flexibility index (Phi) is 5.97. The third kappa shape index (κ3) is 4.94. The van der Waals surface area contributed by atoms with Crippen molar-refractivity contribution in [1.29, 1.82) is 0 Å². The van der Waals surface area contributed by atoms with Crippen LogP contribution in [0.25, 0.3) is 0 Å². The summed E-state index contributed by atoms with van der Waals surface area (Å²) in [6.45, 7) is 11.8. The molecular weight excluding hydrogens is 206 g/mol. The van der Waals surface area contributed by atoms with Crippen molar-refractivity contribution in [2.24, 2.45) is 5.92 Å². The van der Waals surface area contributed by atoms with Crippen LogP contribution in [0.15, 0.2) is 0 Å². The predicted molar refractivity (Wildman–Crippen MR) is 64.6 cm³/mol. The summed E-state index contributed by atoms with van der Waals surface area (Å²) in [6.07, 6.45) is 0.0626. The van der Waals surface area contributed by atoms with Crippen molar-refractivity contribution in [1.82, 2.24) is 5.32 Å². The van der Waals surface area contributed by atoms with Gasteiger partial charge in [-0.25, -0.2) is 0 Å². The molecule has 0 aromatic heterocycles. The molecule has 4 nitrogen and oxygen atoms in total. The van der Waals surface area contributed by atoms with Crippen LogP contribution in [0, 0.1) is 5.92 Å². The summed E-state index contributed by atoms with van der Waals surface area (Å²) in [7, 11) is 0. The number of aliphatic carboxylic acids is 1. The fourth-order valence-electron chi connectivity index (χ4n) is 1.29. The zero-order valence-electron chi connectivity index (χ0n) is 11.2. The molecular formula is C12H25NO3. The Morgan fingerprint density at radius 2 is 1.81 bits per heavy atom. The van der Waals surface area contributed by atoms with E-state index < -0.39 is 11.5 Å². The average molecular weight is 231 g/mol. The molecule has 0 fully saturated rings. The molecule has 0 amide bonds. The Morgan fingerprint density at radius 1 is 1.31 bits per heavy atom. The Bertz CT molecular complexity index is 228. The quantitative estimate of drug-likeness (QED) is 0.702. The number of ether oxygens (including phenoxy) is 1. The van der Waals surface area contributed by atoms with Gasteiger partial charge in [-0.15, -0.1) is 0 Å². The molecule has 2 N–H and O–H groups in total. The second kappa shape index (κ2) is 6.21. The zero-order valence-corrected chi connectivity index (χ0v) is 11.2. The summed E-state index contributed by atoms with van der Waals surface area (Å²) < 4.78 is 5.59.